The summed E-state index contributed by atoms with van der Waals surface area (Å²) in [5.74, 6) is -0.00730. The van der Waals surface area contributed by atoms with Crippen molar-refractivity contribution in [2.45, 2.75) is 26.3 Å². The minimum Gasteiger partial charge on any atom is -0.383 e. The van der Waals surface area contributed by atoms with Crippen LogP contribution in [-0.2, 0) is 4.74 Å². The van der Waals surface area contributed by atoms with Crippen molar-refractivity contribution >= 4 is 11.9 Å². The molecule has 0 saturated heterocycles. The Bertz CT molecular complexity index is 229. The van der Waals surface area contributed by atoms with Crippen molar-refractivity contribution in [1.29, 1.82) is 5.41 Å². The zero-order valence-electron chi connectivity index (χ0n) is 9.66. The van der Waals surface area contributed by atoms with Gasteiger partial charge in [-0.05, 0) is 13.3 Å². The Morgan fingerprint density at radius 3 is 2.53 bits per heavy atom. The first kappa shape index (κ1) is 13.7. The second kappa shape index (κ2) is 7.05. The molecule has 15 heavy (non-hydrogen) atoms. The van der Waals surface area contributed by atoms with E-state index in [1.54, 1.807) is 7.11 Å². The number of nitrogens with two attached hydrogens (primary N) is 2. The number of aliphatic imine (C=N–C) groups is 1. The number of nitrogens with one attached hydrogen (secondary N) is 1. The maximum atomic E-state index is 7.05. The third-order valence-corrected chi connectivity index (χ3v) is 2.19. The van der Waals surface area contributed by atoms with E-state index in [9.17, 15) is 0 Å². The van der Waals surface area contributed by atoms with Crippen molar-refractivity contribution in [3.8, 4) is 0 Å². The number of hydrogen-bond acceptors (Lipinski definition) is 2. The van der Waals surface area contributed by atoms with Crippen molar-refractivity contribution in [3.05, 3.63) is 0 Å². The number of ether oxygens (including phenoxy) is 1. The van der Waals surface area contributed by atoms with Crippen LogP contribution in [0.4, 0.5) is 0 Å². The molecule has 0 aliphatic heterocycles. The smallest absolute Gasteiger partial charge is 0.215 e. The van der Waals surface area contributed by atoms with Gasteiger partial charge >= 0.3 is 0 Å². The SMILES string of the molecule is CCC(C)N(CCOC)/C(N)=N/C(=N)N. The number of rotatable bonds is 5. The van der Waals surface area contributed by atoms with Crippen LogP contribution < -0.4 is 11.5 Å². The van der Waals surface area contributed by atoms with Gasteiger partial charge in [-0.1, -0.05) is 6.92 Å². The van der Waals surface area contributed by atoms with E-state index in [-0.39, 0.29) is 18.0 Å². The predicted octanol–water partition coefficient (Wildman–Crippen LogP) is -0.0585. The third kappa shape index (κ3) is 5.21. The fourth-order valence-corrected chi connectivity index (χ4v) is 1.16. The highest BCUT2D eigenvalue weighted by atomic mass is 16.5. The van der Waals surface area contributed by atoms with Crippen LogP contribution in [0.15, 0.2) is 4.99 Å². The van der Waals surface area contributed by atoms with Crippen molar-refractivity contribution in [2.24, 2.45) is 16.5 Å². The summed E-state index contributed by atoms with van der Waals surface area (Å²) in [6.07, 6.45) is 0.942. The van der Waals surface area contributed by atoms with Crippen molar-refractivity contribution in [3.63, 3.8) is 0 Å². The molecule has 88 valence electrons. The maximum Gasteiger partial charge on any atom is 0.215 e. The van der Waals surface area contributed by atoms with Crippen LogP contribution in [0.1, 0.15) is 20.3 Å². The van der Waals surface area contributed by atoms with Crippen LogP contribution in [0, 0.1) is 5.41 Å². The summed E-state index contributed by atoms with van der Waals surface area (Å²) in [5.41, 5.74) is 10.9. The zero-order chi connectivity index (χ0) is 11.8. The molecule has 0 aromatic rings. The Balaban J connectivity index is 4.53. The summed E-state index contributed by atoms with van der Waals surface area (Å²) in [6.45, 7) is 5.32. The number of guanidine groups is 2. The standard InChI is InChI=1S/C9H21N5O/c1-4-7(2)14(5-6-15-3)9(12)13-8(10)11/h7H,4-6H2,1-3H3,(H5,10,11,12,13). The molecule has 0 bridgehead atoms. The van der Waals surface area contributed by atoms with Crippen molar-refractivity contribution in [2.75, 3.05) is 20.3 Å². The first-order valence-corrected chi connectivity index (χ1v) is 4.96. The molecule has 0 heterocycles. The lowest BCUT2D eigenvalue weighted by molar-refractivity contribution is 0.162. The van der Waals surface area contributed by atoms with Gasteiger partial charge in [-0.15, -0.1) is 0 Å². The van der Waals surface area contributed by atoms with Gasteiger partial charge in [0.1, 0.15) is 0 Å². The van der Waals surface area contributed by atoms with E-state index in [0.29, 0.717) is 13.2 Å². The average Bonchev–Trinajstić information content (AvgIpc) is 2.16. The van der Waals surface area contributed by atoms with E-state index in [1.165, 1.54) is 0 Å². The molecule has 0 saturated carbocycles. The van der Waals surface area contributed by atoms with E-state index in [0.717, 1.165) is 6.42 Å². The van der Waals surface area contributed by atoms with Gasteiger partial charge in [-0.2, -0.15) is 4.99 Å². The molecular weight excluding hydrogens is 194 g/mol. The highest BCUT2D eigenvalue weighted by molar-refractivity contribution is 5.91. The van der Waals surface area contributed by atoms with E-state index >= 15 is 0 Å². The average molecular weight is 215 g/mol. The molecule has 0 aliphatic rings. The molecule has 0 aliphatic carbocycles. The lowest BCUT2D eigenvalue weighted by Gasteiger charge is -2.29. The molecule has 1 atom stereocenters. The van der Waals surface area contributed by atoms with Gasteiger partial charge in [-0.25, -0.2) is 0 Å². The molecule has 1 unspecified atom stereocenters. The van der Waals surface area contributed by atoms with Gasteiger partial charge in [0.05, 0.1) is 6.61 Å². The molecule has 0 amide bonds. The second-order valence-corrected chi connectivity index (χ2v) is 3.30. The summed E-state index contributed by atoms with van der Waals surface area (Å²) in [6, 6.07) is 0.253. The van der Waals surface area contributed by atoms with Gasteiger partial charge in [0, 0.05) is 19.7 Å². The van der Waals surface area contributed by atoms with E-state index < -0.39 is 0 Å². The third-order valence-electron chi connectivity index (χ3n) is 2.19. The summed E-state index contributed by atoms with van der Waals surface area (Å²) in [5, 5.41) is 7.05. The fraction of sp³-hybridized carbons (Fsp3) is 0.778. The monoisotopic (exact) mass is 215 g/mol. The molecule has 5 N–H and O–H groups in total. The van der Waals surface area contributed by atoms with Crippen LogP contribution in [0.25, 0.3) is 0 Å². The lowest BCUT2D eigenvalue weighted by Crippen LogP contribution is -2.45. The Morgan fingerprint density at radius 1 is 1.53 bits per heavy atom. The Morgan fingerprint density at radius 2 is 2.13 bits per heavy atom. The molecule has 6 heteroatoms. The summed E-state index contributed by atoms with van der Waals surface area (Å²) >= 11 is 0. The van der Waals surface area contributed by atoms with Gasteiger partial charge in [0.25, 0.3) is 0 Å². The number of nitrogens with zero attached hydrogens (tertiary/aromatic N) is 2. The number of methoxy groups -OCH3 is 1. The molecule has 0 aromatic heterocycles. The topological polar surface area (TPSA) is 101 Å². The first-order valence-electron chi connectivity index (χ1n) is 4.96. The normalized spacial score (nSPS) is 13.7. The van der Waals surface area contributed by atoms with Crippen LogP contribution in [0.5, 0.6) is 0 Å². The lowest BCUT2D eigenvalue weighted by atomic mass is 10.2. The van der Waals surface area contributed by atoms with Gasteiger partial charge < -0.3 is 21.1 Å². The Kier molecular flexibility index (Phi) is 6.44. The highest BCUT2D eigenvalue weighted by Gasteiger charge is 2.14. The molecule has 0 radical (unpaired) electrons. The quantitative estimate of drug-likeness (QED) is 0.442. The summed E-state index contributed by atoms with van der Waals surface area (Å²) in [7, 11) is 1.63. The molecular formula is C9H21N5O. The van der Waals surface area contributed by atoms with E-state index in [4.69, 9.17) is 21.6 Å². The Labute approximate surface area is 90.8 Å². The minimum absolute atomic E-state index is 0.253. The molecule has 0 fully saturated rings. The van der Waals surface area contributed by atoms with E-state index in [1.807, 2.05) is 11.8 Å². The van der Waals surface area contributed by atoms with Crippen molar-refractivity contribution < 1.29 is 4.74 Å². The Hall–Kier alpha value is -1.30. The molecule has 0 aromatic carbocycles. The maximum absolute atomic E-state index is 7.05. The molecule has 0 spiro atoms. The highest BCUT2D eigenvalue weighted by Crippen LogP contribution is 2.02. The van der Waals surface area contributed by atoms with Crippen LogP contribution in [0.2, 0.25) is 0 Å². The number of hydrogen-bond donors (Lipinski definition) is 3. The molecule has 0 rings (SSSR count). The van der Waals surface area contributed by atoms with Gasteiger partial charge in [0.2, 0.25) is 5.96 Å². The summed E-state index contributed by atoms with van der Waals surface area (Å²) in [4.78, 5) is 5.61. The second-order valence-electron chi connectivity index (χ2n) is 3.30. The first-order chi connectivity index (χ1) is 7.02. The van der Waals surface area contributed by atoms with E-state index in [2.05, 4.69) is 11.9 Å². The van der Waals surface area contributed by atoms with Gasteiger partial charge in [-0.3, -0.25) is 5.41 Å². The van der Waals surface area contributed by atoms with Crippen LogP contribution in [-0.4, -0.2) is 43.1 Å². The van der Waals surface area contributed by atoms with Crippen LogP contribution >= 0.6 is 0 Å². The van der Waals surface area contributed by atoms with Crippen molar-refractivity contribution in [1.82, 2.24) is 4.90 Å². The van der Waals surface area contributed by atoms with Gasteiger partial charge in [0.15, 0.2) is 5.96 Å². The molecule has 6 nitrogen and oxygen atoms in total. The predicted molar refractivity (Wildman–Crippen MR) is 61.9 cm³/mol. The largest absolute Gasteiger partial charge is 0.383 e. The fourth-order valence-electron chi connectivity index (χ4n) is 1.16. The zero-order valence-corrected chi connectivity index (χ0v) is 9.66. The van der Waals surface area contributed by atoms with Crippen LogP contribution in [0.3, 0.4) is 0 Å². The summed E-state index contributed by atoms with van der Waals surface area (Å²) < 4.78 is 4.98. The minimum atomic E-state index is -0.279.